The third-order valence-electron chi connectivity index (χ3n) is 2.56. The van der Waals surface area contributed by atoms with Crippen LogP contribution < -0.4 is 11.3 Å². The highest BCUT2D eigenvalue weighted by Crippen LogP contribution is 2.26. The Morgan fingerprint density at radius 3 is 2.67 bits per heavy atom. The number of hydrogen-bond acceptors (Lipinski definition) is 6. The lowest BCUT2D eigenvalue weighted by atomic mass is 10.2. The number of aromatic nitrogens is 3. The van der Waals surface area contributed by atoms with E-state index in [1.165, 1.54) is 11.8 Å². The molecule has 9 heteroatoms. The van der Waals surface area contributed by atoms with Crippen LogP contribution in [0.25, 0.3) is 10.3 Å². The Kier molecular flexibility index (Phi) is 4.34. The minimum absolute atomic E-state index is 0.295. The molecule has 108 valence electrons. The fourth-order valence-electron chi connectivity index (χ4n) is 1.75. The van der Waals surface area contributed by atoms with Crippen LogP contribution in [0.2, 0.25) is 0 Å². The number of fused-ring (bicyclic) bond motifs is 1. The van der Waals surface area contributed by atoms with Crippen molar-refractivity contribution in [3.8, 4) is 0 Å². The molecule has 0 aliphatic heterocycles. The zero-order valence-corrected chi connectivity index (χ0v) is 15.2. The van der Waals surface area contributed by atoms with Crippen LogP contribution in [0.3, 0.4) is 0 Å². The molecule has 0 aliphatic rings. The summed E-state index contributed by atoms with van der Waals surface area (Å²) >= 11 is 9.49. The van der Waals surface area contributed by atoms with E-state index in [0.29, 0.717) is 26.4 Å². The number of thiazole rings is 1. The van der Waals surface area contributed by atoms with E-state index in [-0.39, 0.29) is 5.56 Å². The lowest BCUT2D eigenvalue weighted by molar-refractivity contribution is 0.968. The topological polar surface area (TPSA) is 84.7 Å². The SMILES string of the molecule is Nc1nc2[nH]c(SCc3cc(Br)cc(Br)c3)nc(=O)c2s1. The summed E-state index contributed by atoms with van der Waals surface area (Å²) in [5, 5.41) is 0.895. The standard InChI is InChI=1S/C12H8Br2N4OS2/c13-6-1-5(2-7(14)3-6)4-20-12-17-9-8(10(19)18-12)21-11(15)16-9/h1-3H,4H2,(H3,15,16,17,18,19). The highest BCUT2D eigenvalue weighted by atomic mass is 79.9. The normalized spacial score (nSPS) is 11.1. The molecule has 5 nitrogen and oxygen atoms in total. The monoisotopic (exact) mass is 446 g/mol. The number of H-pyrrole nitrogens is 1. The van der Waals surface area contributed by atoms with Crippen LogP contribution in [0.1, 0.15) is 5.56 Å². The average Bonchev–Trinajstić information content (AvgIpc) is 2.76. The fraction of sp³-hybridized carbons (Fsp3) is 0.0833. The molecule has 1 aromatic carbocycles. The molecule has 0 radical (unpaired) electrons. The maximum Gasteiger partial charge on any atom is 0.293 e. The minimum atomic E-state index is -0.295. The first kappa shape index (κ1) is 15.0. The molecule has 0 bridgehead atoms. The number of aromatic amines is 1. The van der Waals surface area contributed by atoms with Crippen LogP contribution in [-0.4, -0.2) is 15.0 Å². The molecule has 0 saturated carbocycles. The summed E-state index contributed by atoms with van der Waals surface area (Å²) in [5.74, 6) is 0.687. The highest BCUT2D eigenvalue weighted by molar-refractivity contribution is 9.11. The number of benzene rings is 1. The number of nitrogen functional groups attached to an aromatic ring is 1. The van der Waals surface area contributed by atoms with Crippen molar-refractivity contribution in [2.45, 2.75) is 10.9 Å². The van der Waals surface area contributed by atoms with Crippen molar-refractivity contribution in [2.24, 2.45) is 0 Å². The molecule has 3 rings (SSSR count). The van der Waals surface area contributed by atoms with Gasteiger partial charge in [0.15, 0.2) is 15.9 Å². The number of hydrogen-bond donors (Lipinski definition) is 2. The Balaban J connectivity index is 1.86. The van der Waals surface area contributed by atoms with Crippen LogP contribution in [0.5, 0.6) is 0 Å². The van der Waals surface area contributed by atoms with Crippen molar-refractivity contribution in [3.63, 3.8) is 0 Å². The van der Waals surface area contributed by atoms with Gasteiger partial charge in [0.1, 0.15) is 4.70 Å². The third kappa shape index (κ3) is 3.47. The summed E-state index contributed by atoms with van der Waals surface area (Å²) in [5.41, 5.74) is 6.92. The predicted octanol–water partition coefficient (Wildman–Crippen LogP) is 3.78. The molecule has 0 unspecified atom stereocenters. The molecule has 0 fully saturated rings. The summed E-state index contributed by atoms with van der Waals surface area (Å²) in [4.78, 5) is 23.0. The second-order valence-corrected chi connectivity index (χ2v) is 7.97. The first-order chi connectivity index (χ1) is 10.0. The van der Waals surface area contributed by atoms with Crippen molar-refractivity contribution in [3.05, 3.63) is 43.1 Å². The molecular formula is C12H8Br2N4OS2. The van der Waals surface area contributed by atoms with E-state index in [1.54, 1.807) is 0 Å². The maximum atomic E-state index is 11.9. The molecule has 0 amide bonds. The number of halogens is 2. The number of nitrogens with one attached hydrogen (secondary N) is 1. The zero-order valence-electron chi connectivity index (χ0n) is 10.4. The van der Waals surface area contributed by atoms with E-state index in [9.17, 15) is 4.79 Å². The van der Waals surface area contributed by atoms with Gasteiger partial charge >= 0.3 is 0 Å². The Bertz CT molecular complexity index is 857. The van der Waals surface area contributed by atoms with Crippen LogP contribution in [0.4, 0.5) is 5.13 Å². The van der Waals surface area contributed by atoms with Gasteiger partial charge in [-0.15, -0.1) is 0 Å². The first-order valence-corrected chi connectivity index (χ1v) is 9.14. The minimum Gasteiger partial charge on any atom is -0.375 e. The van der Waals surface area contributed by atoms with E-state index in [1.807, 2.05) is 18.2 Å². The highest BCUT2D eigenvalue weighted by Gasteiger charge is 2.09. The Hall–Kier alpha value is -0.900. The van der Waals surface area contributed by atoms with Gasteiger partial charge in [0.05, 0.1) is 0 Å². The van der Waals surface area contributed by atoms with Crippen LogP contribution in [0, 0.1) is 0 Å². The Labute approximate surface area is 144 Å². The largest absolute Gasteiger partial charge is 0.375 e. The Morgan fingerprint density at radius 2 is 1.95 bits per heavy atom. The number of rotatable bonds is 3. The van der Waals surface area contributed by atoms with Gasteiger partial charge in [-0.1, -0.05) is 55.0 Å². The van der Waals surface area contributed by atoms with Crippen LogP contribution >= 0.6 is 55.0 Å². The van der Waals surface area contributed by atoms with Crippen molar-refractivity contribution in [2.75, 3.05) is 5.73 Å². The first-order valence-electron chi connectivity index (χ1n) is 5.75. The van der Waals surface area contributed by atoms with Gasteiger partial charge in [0.25, 0.3) is 5.56 Å². The molecule has 21 heavy (non-hydrogen) atoms. The van der Waals surface area contributed by atoms with E-state index >= 15 is 0 Å². The molecular weight excluding hydrogens is 440 g/mol. The van der Waals surface area contributed by atoms with Crippen LogP contribution in [0.15, 0.2) is 37.1 Å². The van der Waals surface area contributed by atoms with Gasteiger partial charge in [0, 0.05) is 14.7 Å². The van der Waals surface area contributed by atoms with Gasteiger partial charge < -0.3 is 10.7 Å². The van der Waals surface area contributed by atoms with E-state index in [2.05, 4.69) is 46.8 Å². The molecule has 2 heterocycles. The molecule has 0 aliphatic carbocycles. The molecule has 3 aromatic rings. The van der Waals surface area contributed by atoms with E-state index in [4.69, 9.17) is 5.73 Å². The fourth-order valence-corrected chi connectivity index (χ4v) is 4.60. The predicted molar refractivity (Wildman–Crippen MR) is 93.9 cm³/mol. The van der Waals surface area contributed by atoms with Gasteiger partial charge in [0.2, 0.25) is 0 Å². The lowest BCUT2D eigenvalue weighted by Crippen LogP contribution is -2.07. The van der Waals surface area contributed by atoms with E-state index in [0.717, 1.165) is 25.8 Å². The smallest absolute Gasteiger partial charge is 0.293 e. The second-order valence-electron chi connectivity index (χ2n) is 4.14. The summed E-state index contributed by atoms with van der Waals surface area (Å²) in [7, 11) is 0. The van der Waals surface area contributed by atoms with Crippen molar-refractivity contribution < 1.29 is 0 Å². The summed E-state index contributed by atoms with van der Waals surface area (Å²) in [6, 6.07) is 6.02. The van der Waals surface area contributed by atoms with Gasteiger partial charge in [-0.2, -0.15) is 4.98 Å². The van der Waals surface area contributed by atoms with Gasteiger partial charge in [-0.25, -0.2) is 4.98 Å². The molecule has 3 N–H and O–H groups in total. The van der Waals surface area contributed by atoms with Gasteiger partial charge in [-0.3, -0.25) is 4.79 Å². The van der Waals surface area contributed by atoms with Crippen molar-refractivity contribution in [1.29, 1.82) is 0 Å². The number of nitrogens with two attached hydrogens (primary N) is 1. The van der Waals surface area contributed by atoms with Crippen molar-refractivity contribution in [1.82, 2.24) is 15.0 Å². The lowest BCUT2D eigenvalue weighted by Gasteiger charge is -2.03. The third-order valence-corrected chi connectivity index (χ3v) is 5.30. The Morgan fingerprint density at radius 1 is 1.24 bits per heavy atom. The number of thioether (sulfide) groups is 1. The zero-order chi connectivity index (χ0) is 15.0. The molecule has 0 spiro atoms. The molecule has 0 saturated heterocycles. The molecule has 2 aromatic heterocycles. The number of anilines is 1. The van der Waals surface area contributed by atoms with Crippen LogP contribution in [-0.2, 0) is 5.75 Å². The number of nitrogens with zero attached hydrogens (tertiary/aromatic N) is 2. The summed E-state index contributed by atoms with van der Waals surface area (Å²) in [6.07, 6.45) is 0. The molecule has 0 atom stereocenters. The van der Waals surface area contributed by atoms with Crippen molar-refractivity contribution >= 4 is 70.4 Å². The van der Waals surface area contributed by atoms with E-state index < -0.39 is 0 Å². The summed E-state index contributed by atoms with van der Waals surface area (Å²) < 4.78 is 2.45. The maximum absolute atomic E-state index is 11.9. The second kappa shape index (κ2) is 6.07. The average molecular weight is 448 g/mol. The van der Waals surface area contributed by atoms with Gasteiger partial charge in [-0.05, 0) is 23.8 Å². The summed E-state index contributed by atoms with van der Waals surface area (Å²) in [6.45, 7) is 0. The quantitative estimate of drug-likeness (QED) is 0.471.